The third kappa shape index (κ3) is 5.14. The molecule has 1 fully saturated rings. The molecule has 1 saturated carbocycles. The molecular weight excluding hydrogens is 256 g/mol. The molecule has 4 heteroatoms. The van der Waals surface area contributed by atoms with Gasteiger partial charge in [0.25, 0.3) is 0 Å². The number of unbranched alkanes of at least 4 members (excludes halogenated alkanes) is 2. The maximum atomic E-state index is 12.2. The van der Waals surface area contributed by atoms with Crippen LogP contribution in [-0.4, -0.2) is 23.1 Å². The van der Waals surface area contributed by atoms with Gasteiger partial charge in [0.2, 0.25) is 0 Å². The third-order valence-corrected chi connectivity index (χ3v) is 4.25. The van der Waals surface area contributed by atoms with Crippen LogP contribution in [0, 0.1) is 11.8 Å². The molecule has 20 heavy (non-hydrogen) atoms. The summed E-state index contributed by atoms with van der Waals surface area (Å²) in [5.74, 6) is -2.14. The van der Waals surface area contributed by atoms with E-state index in [1.54, 1.807) is 0 Å². The summed E-state index contributed by atoms with van der Waals surface area (Å²) < 4.78 is 5.56. The maximum Gasteiger partial charge on any atom is 0.310 e. The minimum atomic E-state index is -0.856. The molecule has 1 aliphatic carbocycles. The number of carboxylic acids is 1. The summed E-state index contributed by atoms with van der Waals surface area (Å²) in [5, 5.41) is 9.21. The average molecular weight is 284 g/mol. The molecule has 0 heterocycles. The van der Waals surface area contributed by atoms with Crippen molar-refractivity contribution in [3.05, 3.63) is 0 Å². The molecule has 0 spiro atoms. The molecule has 0 bridgehead atoms. The van der Waals surface area contributed by atoms with Gasteiger partial charge in [-0.2, -0.15) is 0 Å². The van der Waals surface area contributed by atoms with Gasteiger partial charge in [-0.1, -0.05) is 39.5 Å². The first kappa shape index (κ1) is 17.0. The summed E-state index contributed by atoms with van der Waals surface area (Å²) in [6.45, 7) is 4.16. The van der Waals surface area contributed by atoms with Crippen LogP contribution in [0.3, 0.4) is 0 Å². The van der Waals surface area contributed by atoms with Crippen LogP contribution in [-0.2, 0) is 14.3 Å². The van der Waals surface area contributed by atoms with Crippen molar-refractivity contribution in [3.8, 4) is 0 Å². The van der Waals surface area contributed by atoms with Gasteiger partial charge in [0.1, 0.15) is 6.10 Å². The highest BCUT2D eigenvalue weighted by atomic mass is 16.5. The molecule has 3 unspecified atom stereocenters. The lowest BCUT2D eigenvalue weighted by atomic mass is 9.79. The molecule has 0 radical (unpaired) electrons. The highest BCUT2D eigenvalue weighted by molar-refractivity contribution is 5.81. The maximum absolute atomic E-state index is 12.2. The van der Waals surface area contributed by atoms with E-state index in [1.165, 1.54) is 0 Å². The van der Waals surface area contributed by atoms with Crippen molar-refractivity contribution in [2.24, 2.45) is 11.8 Å². The van der Waals surface area contributed by atoms with Gasteiger partial charge in [-0.05, 0) is 32.1 Å². The number of esters is 1. The highest BCUT2D eigenvalue weighted by Gasteiger charge is 2.37. The van der Waals surface area contributed by atoms with Crippen molar-refractivity contribution in [3.63, 3.8) is 0 Å². The quantitative estimate of drug-likeness (QED) is 0.544. The van der Waals surface area contributed by atoms with Gasteiger partial charge >= 0.3 is 11.9 Å². The number of hydrogen-bond acceptors (Lipinski definition) is 3. The zero-order chi connectivity index (χ0) is 15.0. The number of carbonyl (C=O) groups excluding carboxylic acids is 1. The van der Waals surface area contributed by atoms with E-state index >= 15 is 0 Å². The number of ether oxygens (including phenoxy) is 1. The molecule has 3 atom stereocenters. The molecule has 0 amide bonds. The Labute approximate surface area is 121 Å². The lowest BCUT2D eigenvalue weighted by Gasteiger charge is -2.28. The normalized spacial score (nSPS) is 24.1. The van der Waals surface area contributed by atoms with Crippen molar-refractivity contribution in [1.82, 2.24) is 0 Å². The minimum Gasteiger partial charge on any atom is -0.481 e. The van der Waals surface area contributed by atoms with Crippen LogP contribution in [0.1, 0.15) is 71.6 Å². The number of hydrogen-bond donors (Lipinski definition) is 1. The van der Waals surface area contributed by atoms with Gasteiger partial charge in [0, 0.05) is 0 Å². The Morgan fingerprint density at radius 3 is 2.35 bits per heavy atom. The Balaban J connectivity index is 2.51. The predicted octanol–water partition coefficient (Wildman–Crippen LogP) is 3.78. The zero-order valence-electron chi connectivity index (χ0n) is 12.8. The zero-order valence-corrected chi connectivity index (χ0v) is 12.8. The molecule has 1 aliphatic rings. The smallest absolute Gasteiger partial charge is 0.310 e. The molecule has 0 aromatic heterocycles. The first-order valence-corrected chi connectivity index (χ1v) is 8.03. The standard InChI is InChI=1S/C16H28O4/c1-3-5-6-9-12(4-2)20-16(19)14-11-8-7-10-13(14)15(17)18/h12-14H,3-11H2,1-2H3,(H,17,18). The first-order valence-electron chi connectivity index (χ1n) is 8.03. The molecule has 0 aliphatic heterocycles. The van der Waals surface area contributed by atoms with Gasteiger partial charge in [-0.15, -0.1) is 0 Å². The highest BCUT2D eigenvalue weighted by Crippen LogP contribution is 2.31. The van der Waals surface area contributed by atoms with Crippen LogP contribution in [0.25, 0.3) is 0 Å². The summed E-state index contributed by atoms with van der Waals surface area (Å²) >= 11 is 0. The van der Waals surface area contributed by atoms with E-state index in [9.17, 15) is 14.7 Å². The van der Waals surface area contributed by atoms with Crippen molar-refractivity contribution < 1.29 is 19.4 Å². The largest absolute Gasteiger partial charge is 0.481 e. The first-order chi connectivity index (χ1) is 9.60. The second-order valence-electron chi connectivity index (χ2n) is 5.80. The van der Waals surface area contributed by atoms with E-state index in [4.69, 9.17) is 4.74 Å². The molecule has 0 aromatic rings. The Morgan fingerprint density at radius 2 is 1.80 bits per heavy atom. The van der Waals surface area contributed by atoms with Crippen molar-refractivity contribution in [1.29, 1.82) is 0 Å². The topological polar surface area (TPSA) is 63.6 Å². The lowest BCUT2D eigenvalue weighted by Crippen LogP contribution is -2.35. The van der Waals surface area contributed by atoms with Crippen LogP contribution in [0.2, 0.25) is 0 Å². The fourth-order valence-corrected chi connectivity index (χ4v) is 2.93. The molecular formula is C16H28O4. The van der Waals surface area contributed by atoms with Crippen molar-refractivity contribution in [2.45, 2.75) is 77.7 Å². The van der Waals surface area contributed by atoms with Gasteiger partial charge in [-0.25, -0.2) is 0 Å². The summed E-state index contributed by atoms with van der Waals surface area (Å²) in [5.41, 5.74) is 0. The number of carbonyl (C=O) groups is 2. The summed E-state index contributed by atoms with van der Waals surface area (Å²) in [6, 6.07) is 0. The number of rotatable bonds is 8. The number of aliphatic carboxylic acids is 1. The fourth-order valence-electron chi connectivity index (χ4n) is 2.93. The Bertz CT molecular complexity index is 314. The second-order valence-corrected chi connectivity index (χ2v) is 5.80. The average Bonchev–Trinajstić information content (AvgIpc) is 2.46. The van der Waals surface area contributed by atoms with E-state index < -0.39 is 17.8 Å². The number of carboxylic acid groups (broad SMARTS) is 1. The predicted molar refractivity (Wildman–Crippen MR) is 77.4 cm³/mol. The Kier molecular flexibility index (Phi) is 7.63. The van der Waals surface area contributed by atoms with Gasteiger partial charge < -0.3 is 9.84 Å². The van der Waals surface area contributed by atoms with Crippen LogP contribution in [0.15, 0.2) is 0 Å². The molecule has 1 rings (SSSR count). The van der Waals surface area contributed by atoms with Gasteiger partial charge in [0.05, 0.1) is 11.8 Å². The second kappa shape index (κ2) is 8.98. The molecule has 1 N–H and O–H groups in total. The molecule has 0 saturated heterocycles. The van der Waals surface area contributed by atoms with Gasteiger partial charge in [-0.3, -0.25) is 9.59 Å². The van der Waals surface area contributed by atoms with Gasteiger partial charge in [0.15, 0.2) is 0 Å². The Morgan fingerprint density at radius 1 is 1.15 bits per heavy atom. The fraction of sp³-hybridized carbons (Fsp3) is 0.875. The van der Waals surface area contributed by atoms with Crippen LogP contribution in [0.5, 0.6) is 0 Å². The van der Waals surface area contributed by atoms with E-state index in [-0.39, 0.29) is 12.1 Å². The van der Waals surface area contributed by atoms with Crippen molar-refractivity contribution in [2.75, 3.05) is 0 Å². The van der Waals surface area contributed by atoms with E-state index in [2.05, 4.69) is 6.92 Å². The van der Waals surface area contributed by atoms with E-state index in [0.29, 0.717) is 12.8 Å². The summed E-state index contributed by atoms with van der Waals surface area (Å²) in [6.07, 6.45) is 8.08. The Hall–Kier alpha value is -1.06. The molecule has 116 valence electrons. The van der Waals surface area contributed by atoms with Crippen molar-refractivity contribution >= 4 is 11.9 Å². The SMILES string of the molecule is CCCCCC(CC)OC(=O)C1CCCCC1C(=O)O. The van der Waals surface area contributed by atoms with E-state index in [0.717, 1.165) is 44.9 Å². The third-order valence-electron chi connectivity index (χ3n) is 4.25. The molecule has 4 nitrogen and oxygen atoms in total. The van der Waals surface area contributed by atoms with Crippen LogP contribution >= 0.6 is 0 Å². The lowest BCUT2D eigenvalue weighted by molar-refractivity contribution is -0.164. The summed E-state index contributed by atoms with van der Waals surface area (Å²) in [4.78, 5) is 23.5. The van der Waals surface area contributed by atoms with Crippen LogP contribution < -0.4 is 0 Å². The molecule has 0 aromatic carbocycles. The monoisotopic (exact) mass is 284 g/mol. The summed E-state index contributed by atoms with van der Waals surface area (Å²) in [7, 11) is 0. The minimum absolute atomic E-state index is 0.0505. The van der Waals surface area contributed by atoms with Crippen LogP contribution in [0.4, 0.5) is 0 Å². The van der Waals surface area contributed by atoms with E-state index in [1.807, 2.05) is 6.92 Å².